The molecule has 0 spiro atoms. The quantitative estimate of drug-likeness (QED) is 0.0682. The van der Waals surface area contributed by atoms with Crippen molar-refractivity contribution in [1.82, 2.24) is 0 Å². The third kappa shape index (κ3) is 10.7. The van der Waals surface area contributed by atoms with Crippen molar-refractivity contribution in [2.24, 2.45) is 0 Å². The molecule has 3 atom stereocenters. The molecule has 0 radical (unpaired) electrons. The summed E-state index contributed by atoms with van der Waals surface area (Å²) < 4.78 is 75.9. The molecule has 0 aliphatic carbocycles. The standard InChI is InChI=1S/C38H39O9P3/c1-4-48(39,42-33-16-10-7-11-17-33)45-36-26-24-31(25-27-36)22-23-32-28-37(46-49(40,5-2)43-34-18-12-8-13-19-34)30-38(29-32)47-50(41,6-3)44-35-20-14-9-15-21-35/h7-30H,4-6H2,1-3H3/b23-22+. The number of rotatable bonds is 17. The van der Waals surface area contributed by atoms with Crippen LogP contribution in [0.5, 0.6) is 34.5 Å². The summed E-state index contributed by atoms with van der Waals surface area (Å²) in [7, 11) is -10.7. The summed E-state index contributed by atoms with van der Waals surface area (Å²) in [5.41, 5.74) is 1.41. The van der Waals surface area contributed by atoms with Crippen LogP contribution in [0.15, 0.2) is 133 Å². The average Bonchev–Trinajstić information content (AvgIpc) is 3.12. The Labute approximate surface area is 293 Å². The van der Waals surface area contributed by atoms with Crippen LogP contribution < -0.4 is 27.1 Å². The van der Waals surface area contributed by atoms with Crippen molar-refractivity contribution in [1.29, 1.82) is 0 Å². The van der Waals surface area contributed by atoms with Gasteiger partial charge in [-0.05, 0) is 71.8 Å². The van der Waals surface area contributed by atoms with E-state index in [0.29, 0.717) is 28.6 Å². The van der Waals surface area contributed by atoms with E-state index in [1.807, 2.05) is 36.4 Å². The van der Waals surface area contributed by atoms with Crippen LogP contribution in [-0.4, -0.2) is 18.5 Å². The minimum Gasteiger partial charge on any atom is -0.416 e. The lowest BCUT2D eigenvalue weighted by Gasteiger charge is -2.21. The van der Waals surface area contributed by atoms with Crippen molar-refractivity contribution in [3.8, 4) is 34.5 Å². The van der Waals surface area contributed by atoms with Crippen LogP contribution in [0, 0.1) is 0 Å². The van der Waals surface area contributed by atoms with Gasteiger partial charge in [-0.25, -0.2) is 13.7 Å². The van der Waals surface area contributed by atoms with Crippen molar-refractivity contribution in [2.45, 2.75) is 20.8 Å². The van der Waals surface area contributed by atoms with E-state index < -0.39 is 22.8 Å². The van der Waals surface area contributed by atoms with Crippen LogP contribution >= 0.6 is 22.8 Å². The summed E-state index contributed by atoms with van der Waals surface area (Å²) in [5, 5.41) is 0. The molecule has 12 heteroatoms. The molecule has 9 nitrogen and oxygen atoms in total. The second-order valence-electron chi connectivity index (χ2n) is 10.9. The smallest absolute Gasteiger partial charge is 0.416 e. The number of benzene rings is 5. The van der Waals surface area contributed by atoms with E-state index in [4.69, 9.17) is 27.1 Å². The SMILES string of the molecule is CCP(=O)(Oc1ccccc1)Oc1ccc(/C=C/c2cc(OP(=O)(CC)Oc3ccccc3)cc(OP(=O)(CC)Oc3ccccc3)c2)cc1. The van der Waals surface area contributed by atoms with Crippen LogP contribution in [0.4, 0.5) is 0 Å². The zero-order valence-electron chi connectivity index (χ0n) is 28.0. The molecule has 0 amide bonds. The molecule has 5 rings (SSSR count). The van der Waals surface area contributed by atoms with Gasteiger partial charge in [0.15, 0.2) is 0 Å². The molecule has 50 heavy (non-hydrogen) atoms. The Bertz CT molecular complexity index is 1920. The molecule has 5 aromatic carbocycles. The van der Waals surface area contributed by atoms with E-state index in [2.05, 4.69) is 0 Å². The first kappa shape index (κ1) is 36.6. The minimum absolute atomic E-state index is 0.0957. The highest BCUT2D eigenvalue weighted by Gasteiger charge is 2.29. The minimum atomic E-state index is -3.65. The van der Waals surface area contributed by atoms with E-state index in [9.17, 15) is 13.7 Å². The van der Waals surface area contributed by atoms with Gasteiger partial charge in [0.05, 0.1) is 18.5 Å². The summed E-state index contributed by atoms with van der Waals surface area (Å²) >= 11 is 0. The predicted molar refractivity (Wildman–Crippen MR) is 199 cm³/mol. The largest absolute Gasteiger partial charge is 0.430 e. The van der Waals surface area contributed by atoms with Gasteiger partial charge in [0, 0.05) is 6.07 Å². The zero-order valence-corrected chi connectivity index (χ0v) is 30.7. The Balaban J connectivity index is 1.39. The van der Waals surface area contributed by atoms with E-state index in [1.165, 1.54) is 6.07 Å². The Hall–Kier alpha value is -4.67. The van der Waals surface area contributed by atoms with Gasteiger partial charge in [0.25, 0.3) is 0 Å². The lowest BCUT2D eigenvalue weighted by molar-refractivity contribution is 0.381. The molecule has 260 valence electrons. The highest BCUT2D eigenvalue weighted by atomic mass is 31.2. The fourth-order valence-corrected chi connectivity index (χ4v) is 7.99. The monoisotopic (exact) mass is 732 g/mol. The maximum Gasteiger partial charge on any atom is 0.430 e. The maximum atomic E-state index is 13.7. The molecule has 0 bridgehead atoms. The fourth-order valence-electron chi connectivity index (χ4n) is 4.48. The molecule has 0 N–H and O–H groups in total. The van der Waals surface area contributed by atoms with E-state index in [-0.39, 0.29) is 30.0 Å². The third-order valence-corrected chi connectivity index (χ3v) is 12.4. The van der Waals surface area contributed by atoms with Crippen LogP contribution in [0.3, 0.4) is 0 Å². The number of hydrogen-bond acceptors (Lipinski definition) is 9. The van der Waals surface area contributed by atoms with Crippen LogP contribution in [0.25, 0.3) is 12.2 Å². The van der Waals surface area contributed by atoms with Gasteiger partial charge in [-0.3, -0.25) is 0 Å². The van der Waals surface area contributed by atoms with Crippen LogP contribution in [-0.2, 0) is 13.7 Å². The normalized spacial score (nSPS) is 14.8. The van der Waals surface area contributed by atoms with Gasteiger partial charge in [-0.1, -0.05) is 99.7 Å². The first-order valence-corrected chi connectivity index (χ1v) is 21.3. The summed E-state index contributed by atoms with van der Waals surface area (Å²) in [6.07, 6.45) is 4.02. The predicted octanol–water partition coefficient (Wildman–Crippen LogP) is 11.9. The van der Waals surface area contributed by atoms with Crippen molar-refractivity contribution < 1.29 is 40.8 Å². The average molecular weight is 733 g/mol. The highest BCUT2D eigenvalue weighted by molar-refractivity contribution is 7.55. The van der Waals surface area contributed by atoms with Crippen molar-refractivity contribution in [3.63, 3.8) is 0 Å². The molecule has 0 saturated carbocycles. The van der Waals surface area contributed by atoms with Gasteiger partial charge < -0.3 is 27.1 Å². The first-order valence-electron chi connectivity index (χ1n) is 16.1. The van der Waals surface area contributed by atoms with E-state index >= 15 is 0 Å². The Kier molecular flexibility index (Phi) is 12.3. The van der Waals surface area contributed by atoms with Crippen LogP contribution in [0.1, 0.15) is 31.9 Å². The lowest BCUT2D eigenvalue weighted by atomic mass is 10.1. The van der Waals surface area contributed by atoms with Gasteiger partial charge in [-0.15, -0.1) is 0 Å². The molecular formula is C38H39O9P3. The molecule has 3 unspecified atom stereocenters. The van der Waals surface area contributed by atoms with Gasteiger partial charge >= 0.3 is 22.8 Å². The zero-order chi connectivity index (χ0) is 35.5. The molecule has 0 heterocycles. The van der Waals surface area contributed by atoms with E-state index in [1.54, 1.807) is 124 Å². The van der Waals surface area contributed by atoms with Gasteiger partial charge in [0.2, 0.25) is 0 Å². The summed E-state index contributed by atoms with van der Waals surface area (Å²) in [6, 6.07) is 38.4. The van der Waals surface area contributed by atoms with Crippen molar-refractivity contribution >= 4 is 34.9 Å². The fraction of sp³-hybridized carbons (Fsp3) is 0.158. The lowest BCUT2D eigenvalue weighted by Crippen LogP contribution is -2.05. The van der Waals surface area contributed by atoms with Gasteiger partial charge in [0.1, 0.15) is 34.5 Å². The molecule has 0 fully saturated rings. The molecule has 5 aromatic rings. The van der Waals surface area contributed by atoms with Gasteiger partial charge in [-0.2, -0.15) is 0 Å². The molecular weight excluding hydrogens is 693 g/mol. The number of para-hydroxylation sites is 3. The Morgan fingerprint density at radius 3 is 1.02 bits per heavy atom. The van der Waals surface area contributed by atoms with Crippen molar-refractivity contribution in [2.75, 3.05) is 18.5 Å². The Morgan fingerprint density at radius 1 is 0.380 bits per heavy atom. The maximum absolute atomic E-state index is 13.7. The molecule has 0 aliphatic rings. The summed E-state index contributed by atoms with van der Waals surface area (Å²) in [6.45, 7) is 5.17. The van der Waals surface area contributed by atoms with Crippen molar-refractivity contribution in [3.05, 3.63) is 145 Å². The molecule has 0 aromatic heterocycles. The summed E-state index contributed by atoms with van der Waals surface area (Å²) in [4.78, 5) is 0. The number of hydrogen-bond donors (Lipinski definition) is 0. The molecule has 0 saturated heterocycles. The highest BCUT2D eigenvalue weighted by Crippen LogP contribution is 2.52. The van der Waals surface area contributed by atoms with Crippen LogP contribution in [0.2, 0.25) is 0 Å². The first-order chi connectivity index (χ1) is 24.1. The van der Waals surface area contributed by atoms with E-state index in [0.717, 1.165) is 5.56 Å². The Morgan fingerprint density at radius 2 is 0.680 bits per heavy atom. The second kappa shape index (κ2) is 16.8. The molecule has 0 aliphatic heterocycles. The topological polar surface area (TPSA) is 107 Å². The summed E-state index contributed by atoms with van der Waals surface area (Å²) in [5.74, 6) is 2.08. The second-order valence-corrected chi connectivity index (χ2v) is 17.6. The third-order valence-electron chi connectivity index (χ3n) is 7.11.